The van der Waals surface area contributed by atoms with Gasteiger partial charge in [-0.3, -0.25) is 14.5 Å². The van der Waals surface area contributed by atoms with Crippen LogP contribution in [-0.4, -0.2) is 24.4 Å². The third-order valence-electron chi connectivity index (χ3n) is 4.00. The molecule has 1 aliphatic rings. The molecule has 2 aromatic rings. The molecule has 1 aliphatic heterocycles. The van der Waals surface area contributed by atoms with Crippen LogP contribution in [0, 0.1) is 0 Å². The fourth-order valence-electron chi connectivity index (χ4n) is 2.84. The Labute approximate surface area is 134 Å². The van der Waals surface area contributed by atoms with E-state index in [1.165, 1.54) is 0 Å². The summed E-state index contributed by atoms with van der Waals surface area (Å²) in [4.78, 5) is 26.2. The zero-order valence-corrected chi connectivity index (χ0v) is 13.2. The zero-order chi connectivity index (χ0) is 16.4. The number of furan rings is 1. The van der Waals surface area contributed by atoms with E-state index in [9.17, 15) is 9.59 Å². The topological polar surface area (TPSA) is 79.2 Å². The zero-order valence-electron chi connectivity index (χ0n) is 13.2. The number of anilines is 2. The lowest BCUT2D eigenvalue weighted by Crippen LogP contribution is -2.92. The molecule has 3 N–H and O–H groups in total. The maximum Gasteiger partial charge on any atom is 0.285 e. The molecule has 0 saturated heterocycles. The highest BCUT2D eigenvalue weighted by molar-refractivity contribution is 6.10. The Morgan fingerprint density at radius 3 is 2.78 bits per heavy atom. The minimum Gasteiger partial charge on any atom is -0.463 e. The lowest BCUT2D eigenvalue weighted by molar-refractivity contribution is -0.711. The van der Waals surface area contributed by atoms with Gasteiger partial charge in [0.1, 0.15) is 12.6 Å². The van der Waals surface area contributed by atoms with Crippen molar-refractivity contribution in [2.24, 2.45) is 0 Å². The van der Waals surface area contributed by atoms with Crippen LogP contribution in [0.1, 0.15) is 25.6 Å². The van der Waals surface area contributed by atoms with E-state index >= 15 is 0 Å². The van der Waals surface area contributed by atoms with Crippen molar-refractivity contribution in [1.29, 1.82) is 0 Å². The second-order valence-corrected chi connectivity index (χ2v) is 5.77. The lowest BCUT2D eigenvalue weighted by atomic mass is 10.1. The summed E-state index contributed by atoms with van der Waals surface area (Å²) < 4.78 is 5.37. The van der Waals surface area contributed by atoms with E-state index in [4.69, 9.17) is 4.42 Å². The molecule has 2 amide bonds. The van der Waals surface area contributed by atoms with Crippen LogP contribution in [0.3, 0.4) is 0 Å². The minimum atomic E-state index is -0.325. The van der Waals surface area contributed by atoms with Crippen LogP contribution in [0.5, 0.6) is 0 Å². The Hall–Kier alpha value is -2.60. The van der Waals surface area contributed by atoms with E-state index in [-0.39, 0.29) is 30.4 Å². The Kier molecular flexibility index (Phi) is 4.16. The Morgan fingerprint density at radius 1 is 1.26 bits per heavy atom. The van der Waals surface area contributed by atoms with Gasteiger partial charge in [-0.25, -0.2) is 0 Å². The number of carbonyl (C=O) groups is 2. The number of nitrogens with two attached hydrogens (primary N) is 1. The number of nitrogens with one attached hydrogen (secondary N) is 1. The molecule has 0 aliphatic carbocycles. The van der Waals surface area contributed by atoms with Crippen molar-refractivity contribution in [2.45, 2.75) is 25.9 Å². The van der Waals surface area contributed by atoms with Crippen LogP contribution in [0.25, 0.3) is 0 Å². The van der Waals surface area contributed by atoms with Crippen molar-refractivity contribution in [3.63, 3.8) is 0 Å². The third kappa shape index (κ3) is 3.12. The van der Waals surface area contributed by atoms with Crippen LogP contribution >= 0.6 is 0 Å². The third-order valence-corrected chi connectivity index (χ3v) is 4.00. The molecular formula is C17H20N3O3+. The molecule has 0 saturated carbocycles. The maximum absolute atomic E-state index is 12.8. The average molecular weight is 314 g/mol. The first-order chi connectivity index (χ1) is 11.1. The molecular weight excluding hydrogens is 294 g/mol. The predicted molar refractivity (Wildman–Crippen MR) is 85.9 cm³/mol. The van der Waals surface area contributed by atoms with Gasteiger partial charge >= 0.3 is 0 Å². The van der Waals surface area contributed by atoms with Crippen molar-refractivity contribution in [1.82, 2.24) is 0 Å². The molecule has 2 heterocycles. The van der Waals surface area contributed by atoms with E-state index in [0.717, 1.165) is 11.4 Å². The summed E-state index contributed by atoms with van der Waals surface area (Å²) in [5.41, 5.74) is 1.41. The second-order valence-electron chi connectivity index (χ2n) is 5.77. The van der Waals surface area contributed by atoms with Crippen LogP contribution in [-0.2, 0) is 9.59 Å². The first kappa shape index (κ1) is 15.3. The predicted octanol–water partition coefficient (Wildman–Crippen LogP) is 1.28. The van der Waals surface area contributed by atoms with E-state index < -0.39 is 0 Å². The minimum absolute atomic E-state index is 0.0258. The number of fused-ring (bicyclic) bond motifs is 1. The molecule has 0 bridgehead atoms. The van der Waals surface area contributed by atoms with Gasteiger partial charge < -0.3 is 15.1 Å². The van der Waals surface area contributed by atoms with Crippen molar-refractivity contribution < 1.29 is 19.3 Å². The van der Waals surface area contributed by atoms with Gasteiger partial charge in [0.05, 0.1) is 17.6 Å². The van der Waals surface area contributed by atoms with Gasteiger partial charge in [0, 0.05) is 0 Å². The van der Waals surface area contributed by atoms with Crippen LogP contribution in [0.15, 0.2) is 47.1 Å². The van der Waals surface area contributed by atoms with Crippen molar-refractivity contribution >= 4 is 23.2 Å². The number of hydrogen-bond donors (Lipinski definition) is 2. The van der Waals surface area contributed by atoms with Gasteiger partial charge in [0.15, 0.2) is 11.8 Å². The maximum atomic E-state index is 12.8. The number of nitrogens with zero attached hydrogens (tertiary/aromatic N) is 1. The number of carbonyl (C=O) groups excluding carboxylic acids is 2. The van der Waals surface area contributed by atoms with Crippen molar-refractivity contribution in [2.75, 3.05) is 16.8 Å². The molecule has 1 aromatic heterocycles. The quantitative estimate of drug-likeness (QED) is 0.892. The highest BCUT2D eigenvalue weighted by Gasteiger charge is 2.32. The molecule has 0 spiro atoms. The number of benzene rings is 1. The van der Waals surface area contributed by atoms with Gasteiger partial charge in [0.25, 0.3) is 5.91 Å². The molecule has 2 atom stereocenters. The lowest BCUT2D eigenvalue weighted by Gasteiger charge is -2.30. The number of hydrogen-bond acceptors (Lipinski definition) is 3. The van der Waals surface area contributed by atoms with Gasteiger partial charge in [0.2, 0.25) is 5.91 Å². The van der Waals surface area contributed by atoms with Crippen LogP contribution in [0.2, 0.25) is 0 Å². The van der Waals surface area contributed by atoms with E-state index in [2.05, 4.69) is 5.32 Å². The Bertz CT molecular complexity index is 712. The highest BCUT2D eigenvalue weighted by atomic mass is 16.3. The summed E-state index contributed by atoms with van der Waals surface area (Å²) in [6.07, 6.45) is 1.62. The molecule has 0 fully saturated rings. The van der Waals surface area contributed by atoms with E-state index in [1.807, 2.05) is 49.5 Å². The van der Waals surface area contributed by atoms with Gasteiger partial charge in [-0.1, -0.05) is 12.1 Å². The normalized spacial score (nSPS) is 16.4. The molecule has 0 radical (unpaired) electrons. The molecule has 3 rings (SSSR count). The number of para-hydroxylation sites is 2. The largest absolute Gasteiger partial charge is 0.463 e. The highest BCUT2D eigenvalue weighted by Crippen LogP contribution is 2.29. The summed E-state index contributed by atoms with van der Waals surface area (Å²) in [6.45, 7) is 3.87. The molecule has 6 nitrogen and oxygen atoms in total. The SMILES string of the molecule is C[C@H]([NH2+][C@@H](C)c1ccco1)C(=O)N1CC(=O)Nc2ccccc21. The number of amides is 2. The first-order valence-corrected chi connectivity index (χ1v) is 7.65. The summed E-state index contributed by atoms with van der Waals surface area (Å²) in [5.74, 6) is 0.551. The first-order valence-electron chi connectivity index (χ1n) is 7.65. The molecule has 6 heteroatoms. The van der Waals surface area contributed by atoms with Crippen LogP contribution < -0.4 is 15.5 Å². The van der Waals surface area contributed by atoms with Gasteiger partial charge in [-0.05, 0) is 38.1 Å². The average Bonchev–Trinajstić information content (AvgIpc) is 3.07. The van der Waals surface area contributed by atoms with Crippen molar-refractivity contribution in [3.8, 4) is 0 Å². The molecule has 120 valence electrons. The molecule has 23 heavy (non-hydrogen) atoms. The monoisotopic (exact) mass is 314 g/mol. The fraction of sp³-hybridized carbons (Fsp3) is 0.294. The second kappa shape index (κ2) is 6.26. The summed E-state index contributed by atoms with van der Waals surface area (Å²) in [7, 11) is 0. The van der Waals surface area contributed by atoms with E-state index in [1.54, 1.807) is 17.2 Å². The van der Waals surface area contributed by atoms with Gasteiger partial charge in [-0.2, -0.15) is 0 Å². The van der Waals surface area contributed by atoms with Crippen LogP contribution in [0.4, 0.5) is 11.4 Å². The molecule has 0 unspecified atom stereocenters. The standard InChI is InChI=1S/C17H19N3O3/c1-11(15-8-5-9-23-15)18-12(2)17(22)20-10-16(21)19-13-6-3-4-7-14(13)20/h3-9,11-12,18H,10H2,1-2H3,(H,19,21)/p+1/t11-,12-/m0/s1. The Balaban J connectivity index is 1.76. The van der Waals surface area contributed by atoms with Crippen molar-refractivity contribution in [3.05, 3.63) is 48.4 Å². The Morgan fingerprint density at radius 2 is 2.04 bits per heavy atom. The smallest absolute Gasteiger partial charge is 0.285 e. The molecule has 1 aromatic carbocycles. The summed E-state index contributed by atoms with van der Waals surface area (Å²) >= 11 is 0. The summed E-state index contributed by atoms with van der Waals surface area (Å²) in [6, 6.07) is 10.8. The number of rotatable bonds is 4. The number of quaternary nitrogens is 1. The van der Waals surface area contributed by atoms with E-state index in [0.29, 0.717) is 5.69 Å². The fourth-order valence-corrected chi connectivity index (χ4v) is 2.84. The summed E-state index contributed by atoms with van der Waals surface area (Å²) in [5, 5.41) is 4.73. The van der Waals surface area contributed by atoms with Gasteiger partial charge in [-0.15, -0.1) is 0 Å².